The van der Waals surface area contributed by atoms with Crippen molar-refractivity contribution in [1.29, 1.82) is 0 Å². The average Bonchev–Trinajstić information content (AvgIpc) is 3.39. The van der Waals surface area contributed by atoms with Gasteiger partial charge in [0.25, 0.3) is 5.56 Å². The van der Waals surface area contributed by atoms with E-state index in [2.05, 4.69) is 25.1 Å². The first-order valence-corrected chi connectivity index (χ1v) is 10.4. The number of alkyl halides is 3. The molecule has 0 bridgehead atoms. The second-order valence-corrected chi connectivity index (χ2v) is 7.90. The summed E-state index contributed by atoms with van der Waals surface area (Å²) in [5.74, 6) is 0.473. The van der Waals surface area contributed by atoms with E-state index in [4.69, 9.17) is 0 Å². The van der Waals surface area contributed by atoms with Crippen LogP contribution < -0.4 is 11.2 Å². The molecule has 9 nitrogen and oxygen atoms in total. The van der Waals surface area contributed by atoms with Gasteiger partial charge < -0.3 is 4.98 Å². The molecule has 2 N–H and O–H groups in total. The Balaban J connectivity index is 0.000000152. The molecule has 1 fully saturated rings. The molecule has 174 valence electrons. The minimum atomic E-state index is -4.23. The van der Waals surface area contributed by atoms with Crippen LogP contribution in [0.5, 0.6) is 0 Å². The average molecular weight is 469 g/mol. The minimum Gasteiger partial charge on any atom is -0.313 e. The maximum absolute atomic E-state index is 12.1. The van der Waals surface area contributed by atoms with Crippen LogP contribution in [0.3, 0.4) is 0 Å². The van der Waals surface area contributed by atoms with Gasteiger partial charge in [0.1, 0.15) is 6.54 Å². The number of H-pyrrole nitrogens is 2. The fraction of sp³-hybridized carbons (Fsp3) is 0.227. The van der Waals surface area contributed by atoms with E-state index in [1.807, 2.05) is 6.07 Å². The Hall–Kier alpha value is -4.22. The maximum atomic E-state index is 12.1. The van der Waals surface area contributed by atoms with Crippen LogP contribution in [0.25, 0.3) is 27.8 Å². The number of rotatable bonds is 3. The topological polar surface area (TPSA) is 114 Å². The summed E-state index contributed by atoms with van der Waals surface area (Å²) in [5, 5.41) is 8.66. The lowest BCUT2D eigenvalue weighted by Crippen LogP contribution is -2.23. The predicted octanol–water partition coefficient (Wildman–Crippen LogP) is 3.25. The highest BCUT2D eigenvalue weighted by Gasteiger charge is 2.29. The molecule has 34 heavy (non-hydrogen) atoms. The molecule has 0 spiro atoms. The number of nitrogens with one attached hydrogen (secondary N) is 2. The molecule has 4 heterocycles. The zero-order chi connectivity index (χ0) is 23.9. The Morgan fingerprint density at radius 1 is 1.09 bits per heavy atom. The molecule has 0 aliphatic heterocycles. The normalized spacial score (nSPS) is 13.7. The third kappa shape index (κ3) is 4.47. The van der Waals surface area contributed by atoms with Crippen molar-refractivity contribution in [2.24, 2.45) is 0 Å². The molecule has 0 radical (unpaired) electrons. The van der Waals surface area contributed by atoms with Gasteiger partial charge >= 0.3 is 11.9 Å². The molecule has 1 saturated carbocycles. The summed E-state index contributed by atoms with van der Waals surface area (Å²) in [5.41, 5.74) is 2.21. The van der Waals surface area contributed by atoms with Gasteiger partial charge in [0.15, 0.2) is 5.65 Å². The standard InChI is InChI=1S/C13H11N5O2.C9H7F3N2/c19-12-8(6-14-13(20)17-12)9-5-10(7-1-2-7)18-11(16-9)3-4-15-18;10-9(11,12)6-14-8-4-2-1-3-7(8)5-13-14/h3-7H,1-2H2,(H2,14,17,19,20);1-5H,6H2. The number of para-hydroxylation sites is 1. The van der Waals surface area contributed by atoms with Crippen LogP contribution in [-0.4, -0.2) is 40.5 Å². The number of hydrogen-bond acceptors (Lipinski definition) is 5. The summed E-state index contributed by atoms with van der Waals surface area (Å²) in [4.78, 5) is 32.1. The SMILES string of the molecule is FC(F)(F)Cn1ncc2ccccc21.O=c1[nH]cc(-c2cc(C3CC3)n3nccc3n2)c(=O)[nH]1. The molecule has 0 atom stereocenters. The Bertz CT molecular complexity index is 1590. The van der Waals surface area contributed by atoms with Gasteiger partial charge in [-0.15, -0.1) is 0 Å². The van der Waals surface area contributed by atoms with Gasteiger partial charge in [0.2, 0.25) is 0 Å². The monoisotopic (exact) mass is 469 g/mol. The molecule has 6 rings (SSSR count). The second kappa shape index (κ2) is 8.28. The van der Waals surface area contributed by atoms with Crippen LogP contribution in [0.4, 0.5) is 13.2 Å². The number of hydrogen-bond donors (Lipinski definition) is 2. The largest absolute Gasteiger partial charge is 0.408 e. The summed E-state index contributed by atoms with van der Waals surface area (Å²) < 4.78 is 39.0. The zero-order valence-electron chi connectivity index (χ0n) is 17.6. The van der Waals surface area contributed by atoms with Gasteiger partial charge in [-0.3, -0.25) is 14.5 Å². The number of halogens is 3. The minimum absolute atomic E-state index is 0.357. The number of aromatic nitrogens is 7. The predicted molar refractivity (Wildman–Crippen MR) is 117 cm³/mol. The molecule has 0 saturated heterocycles. The van der Waals surface area contributed by atoms with Gasteiger partial charge in [0.05, 0.1) is 29.2 Å². The van der Waals surface area contributed by atoms with Gasteiger partial charge in [-0.1, -0.05) is 18.2 Å². The van der Waals surface area contributed by atoms with E-state index in [0.717, 1.165) is 28.6 Å². The van der Waals surface area contributed by atoms with Crippen molar-refractivity contribution in [2.75, 3.05) is 0 Å². The van der Waals surface area contributed by atoms with Crippen LogP contribution in [0, 0.1) is 0 Å². The summed E-state index contributed by atoms with van der Waals surface area (Å²) in [7, 11) is 0. The lowest BCUT2D eigenvalue weighted by atomic mass is 10.1. The van der Waals surface area contributed by atoms with E-state index in [9.17, 15) is 22.8 Å². The molecule has 1 aromatic carbocycles. The van der Waals surface area contributed by atoms with Crippen LogP contribution in [0.15, 0.2) is 64.6 Å². The quantitative estimate of drug-likeness (QED) is 0.421. The van der Waals surface area contributed by atoms with Gasteiger partial charge in [-0.05, 0) is 25.0 Å². The molecular weight excluding hydrogens is 451 g/mol. The maximum Gasteiger partial charge on any atom is 0.408 e. The number of benzene rings is 1. The Morgan fingerprint density at radius 3 is 2.62 bits per heavy atom. The first-order chi connectivity index (χ1) is 16.3. The summed E-state index contributed by atoms with van der Waals surface area (Å²) in [6.07, 6.45) is 2.54. The fourth-order valence-corrected chi connectivity index (χ4v) is 3.67. The van der Waals surface area contributed by atoms with E-state index >= 15 is 0 Å². The number of aromatic amines is 2. The number of fused-ring (bicyclic) bond motifs is 2. The van der Waals surface area contributed by atoms with E-state index < -0.39 is 24.0 Å². The third-order valence-electron chi connectivity index (χ3n) is 5.36. The van der Waals surface area contributed by atoms with Crippen LogP contribution in [-0.2, 0) is 6.54 Å². The molecule has 5 aromatic rings. The van der Waals surface area contributed by atoms with Crippen LogP contribution >= 0.6 is 0 Å². The van der Waals surface area contributed by atoms with Gasteiger partial charge in [-0.25, -0.2) is 14.3 Å². The summed E-state index contributed by atoms with van der Waals surface area (Å²) >= 11 is 0. The molecular formula is C22H18F3N7O2. The van der Waals surface area contributed by atoms with Crippen LogP contribution in [0.1, 0.15) is 24.5 Å². The van der Waals surface area contributed by atoms with E-state index in [-0.39, 0.29) is 0 Å². The highest BCUT2D eigenvalue weighted by atomic mass is 19.4. The van der Waals surface area contributed by atoms with Crippen molar-refractivity contribution < 1.29 is 13.2 Å². The van der Waals surface area contributed by atoms with Crippen LogP contribution in [0.2, 0.25) is 0 Å². The molecule has 1 aliphatic rings. The molecule has 1 aliphatic carbocycles. The van der Waals surface area contributed by atoms with Crippen molar-refractivity contribution in [3.05, 3.63) is 81.5 Å². The zero-order valence-corrected chi connectivity index (χ0v) is 17.6. The molecule has 4 aromatic heterocycles. The Labute approximate surface area is 188 Å². The van der Waals surface area contributed by atoms with Crippen molar-refractivity contribution in [3.63, 3.8) is 0 Å². The molecule has 0 amide bonds. The van der Waals surface area contributed by atoms with Crippen molar-refractivity contribution in [2.45, 2.75) is 31.5 Å². The van der Waals surface area contributed by atoms with E-state index in [1.54, 1.807) is 41.0 Å². The third-order valence-corrected chi connectivity index (χ3v) is 5.36. The molecule has 12 heteroatoms. The number of nitrogens with zero attached hydrogens (tertiary/aromatic N) is 5. The first-order valence-electron chi connectivity index (χ1n) is 10.4. The highest BCUT2D eigenvalue weighted by molar-refractivity contribution is 5.78. The van der Waals surface area contributed by atoms with Crippen molar-refractivity contribution in [1.82, 2.24) is 34.3 Å². The fourth-order valence-electron chi connectivity index (χ4n) is 3.67. The summed E-state index contributed by atoms with van der Waals surface area (Å²) in [6, 6.07) is 10.5. The van der Waals surface area contributed by atoms with E-state index in [0.29, 0.717) is 28.3 Å². The lowest BCUT2D eigenvalue weighted by molar-refractivity contribution is -0.141. The second-order valence-electron chi connectivity index (χ2n) is 7.90. The first kappa shape index (κ1) is 21.6. The van der Waals surface area contributed by atoms with Gasteiger partial charge in [-0.2, -0.15) is 23.4 Å². The van der Waals surface area contributed by atoms with E-state index in [1.165, 1.54) is 12.4 Å². The van der Waals surface area contributed by atoms with Gasteiger partial charge in [0, 0.05) is 29.3 Å². The lowest BCUT2D eigenvalue weighted by Gasteiger charge is -2.06. The Kier molecular flexibility index (Phi) is 5.27. The van der Waals surface area contributed by atoms with Crippen molar-refractivity contribution >= 4 is 16.6 Å². The smallest absolute Gasteiger partial charge is 0.313 e. The van der Waals surface area contributed by atoms with Crippen molar-refractivity contribution in [3.8, 4) is 11.3 Å². The molecule has 0 unspecified atom stereocenters. The highest BCUT2D eigenvalue weighted by Crippen LogP contribution is 2.40. The Morgan fingerprint density at radius 2 is 1.88 bits per heavy atom. The summed E-state index contributed by atoms with van der Waals surface area (Å²) in [6.45, 7) is -1.04.